The van der Waals surface area contributed by atoms with E-state index in [1.165, 1.54) is 12.8 Å². The van der Waals surface area contributed by atoms with Crippen LogP contribution in [0.15, 0.2) is 0 Å². The third-order valence-electron chi connectivity index (χ3n) is 2.81. The van der Waals surface area contributed by atoms with E-state index in [9.17, 15) is 0 Å². The summed E-state index contributed by atoms with van der Waals surface area (Å²) < 4.78 is 11.1. The molecule has 2 aliphatic rings. The highest BCUT2D eigenvalue weighted by Crippen LogP contribution is 2.35. The van der Waals surface area contributed by atoms with Crippen LogP contribution in [0, 0.1) is 5.92 Å². The van der Waals surface area contributed by atoms with E-state index in [0.29, 0.717) is 12.1 Å². The molecule has 3 nitrogen and oxygen atoms in total. The first-order chi connectivity index (χ1) is 6.42. The molecule has 2 unspecified atom stereocenters. The van der Waals surface area contributed by atoms with Crippen molar-refractivity contribution in [2.24, 2.45) is 5.92 Å². The molecule has 13 heavy (non-hydrogen) atoms. The maximum atomic E-state index is 5.71. The van der Waals surface area contributed by atoms with Crippen LogP contribution in [0.3, 0.4) is 0 Å². The van der Waals surface area contributed by atoms with Crippen molar-refractivity contribution in [1.82, 2.24) is 5.32 Å². The molecule has 1 N–H and O–H groups in total. The van der Waals surface area contributed by atoms with E-state index in [2.05, 4.69) is 12.2 Å². The Balaban J connectivity index is 1.84. The first kappa shape index (κ1) is 9.44. The third kappa shape index (κ3) is 2.42. The SMILES string of the molecule is CCNC(C1CC1)C1COCCO1. The average Bonchev–Trinajstić information content (AvgIpc) is 2.99. The number of ether oxygens (including phenoxy) is 2. The molecule has 1 saturated heterocycles. The molecule has 0 bridgehead atoms. The summed E-state index contributed by atoms with van der Waals surface area (Å²) in [7, 11) is 0. The lowest BCUT2D eigenvalue weighted by molar-refractivity contribution is -0.104. The van der Waals surface area contributed by atoms with Crippen LogP contribution in [0.5, 0.6) is 0 Å². The highest BCUT2D eigenvalue weighted by atomic mass is 16.6. The van der Waals surface area contributed by atoms with Gasteiger partial charge in [-0.1, -0.05) is 6.92 Å². The highest BCUT2D eigenvalue weighted by molar-refractivity contribution is 4.92. The molecule has 0 aromatic heterocycles. The van der Waals surface area contributed by atoms with E-state index in [1.54, 1.807) is 0 Å². The van der Waals surface area contributed by atoms with Crippen molar-refractivity contribution in [3.05, 3.63) is 0 Å². The molecule has 2 rings (SSSR count). The van der Waals surface area contributed by atoms with Gasteiger partial charge in [0.15, 0.2) is 0 Å². The Bertz CT molecular complexity index is 153. The Labute approximate surface area is 79.8 Å². The number of likely N-dealkylation sites (N-methyl/N-ethyl adjacent to an activating group) is 1. The lowest BCUT2D eigenvalue weighted by atomic mass is 10.1. The minimum absolute atomic E-state index is 0.293. The van der Waals surface area contributed by atoms with Crippen LogP contribution in [-0.2, 0) is 9.47 Å². The Morgan fingerprint density at radius 1 is 1.38 bits per heavy atom. The first-order valence-electron chi connectivity index (χ1n) is 5.34. The molecule has 0 amide bonds. The molecule has 76 valence electrons. The Hall–Kier alpha value is -0.120. The number of hydrogen-bond donors (Lipinski definition) is 1. The van der Waals surface area contributed by atoms with Gasteiger partial charge < -0.3 is 14.8 Å². The third-order valence-corrected chi connectivity index (χ3v) is 2.81. The van der Waals surface area contributed by atoms with Crippen molar-refractivity contribution in [3.8, 4) is 0 Å². The Morgan fingerprint density at radius 2 is 2.23 bits per heavy atom. The zero-order chi connectivity index (χ0) is 9.10. The van der Waals surface area contributed by atoms with Crippen LogP contribution in [-0.4, -0.2) is 38.5 Å². The second kappa shape index (κ2) is 4.40. The zero-order valence-corrected chi connectivity index (χ0v) is 8.29. The van der Waals surface area contributed by atoms with Gasteiger partial charge in [-0.3, -0.25) is 0 Å². The number of hydrogen-bond acceptors (Lipinski definition) is 3. The topological polar surface area (TPSA) is 30.5 Å². The summed E-state index contributed by atoms with van der Waals surface area (Å²) >= 11 is 0. The molecule has 3 heteroatoms. The van der Waals surface area contributed by atoms with Gasteiger partial charge in [0.05, 0.1) is 25.9 Å². The van der Waals surface area contributed by atoms with Gasteiger partial charge in [0.2, 0.25) is 0 Å². The minimum Gasteiger partial charge on any atom is -0.376 e. The van der Waals surface area contributed by atoms with Gasteiger partial charge in [-0.15, -0.1) is 0 Å². The molecule has 0 aromatic rings. The van der Waals surface area contributed by atoms with Crippen molar-refractivity contribution >= 4 is 0 Å². The molecule has 2 atom stereocenters. The summed E-state index contributed by atoms with van der Waals surface area (Å²) in [6.45, 7) is 5.48. The predicted octanol–water partition coefficient (Wildman–Crippen LogP) is 0.790. The average molecular weight is 185 g/mol. The Morgan fingerprint density at radius 3 is 2.77 bits per heavy atom. The van der Waals surface area contributed by atoms with E-state index in [4.69, 9.17) is 9.47 Å². The standard InChI is InChI=1S/C10H19NO2/c1-2-11-10(8-3-4-8)9-7-12-5-6-13-9/h8-11H,2-7H2,1H3. The van der Waals surface area contributed by atoms with Crippen molar-refractivity contribution in [2.75, 3.05) is 26.4 Å². The monoisotopic (exact) mass is 185 g/mol. The molecule has 2 fully saturated rings. The molecule has 1 aliphatic heterocycles. The van der Waals surface area contributed by atoms with Crippen LogP contribution >= 0.6 is 0 Å². The van der Waals surface area contributed by atoms with Crippen LogP contribution in [0.4, 0.5) is 0 Å². The normalized spacial score (nSPS) is 31.6. The number of nitrogens with one attached hydrogen (secondary N) is 1. The quantitative estimate of drug-likeness (QED) is 0.702. The lowest BCUT2D eigenvalue weighted by Crippen LogP contribution is -2.47. The zero-order valence-electron chi connectivity index (χ0n) is 8.29. The van der Waals surface area contributed by atoms with Crippen molar-refractivity contribution < 1.29 is 9.47 Å². The van der Waals surface area contributed by atoms with Gasteiger partial charge in [-0.05, 0) is 25.3 Å². The summed E-state index contributed by atoms with van der Waals surface area (Å²) in [6.07, 6.45) is 3.01. The minimum atomic E-state index is 0.293. The van der Waals surface area contributed by atoms with Crippen LogP contribution in [0.2, 0.25) is 0 Å². The van der Waals surface area contributed by atoms with E-state index < -0.39 is 0 Å². The van der Waals surface area contributed by atoms with Gasteiger partial charge in [0.1, 0.15) is 0 Å². The predicted molar refractivity (Wildman–Crippen MR) is 50.7 cm³/mol. The highest BCUT2D eigenvalue weighted by Gasteiger charge is 2.37. The number of rotatable bonds is 4. The molecular formula is C10H19NO2. The van der Waals surface area contributed by atoms with Crippen molar-refractivity contribution in [2.45, 2.75) is 31.9 Å². The maximum absolute atomic E-state index is 5.71. The fourth-order valence-electron chi connectivity index (χ4n) is 2.01. The van der Waals surface area contributed by atoms with Gasteiger partial charge >= 0.3 is 0 Å². The molecule has 1 aliphatic carbocycles. The molecule has 1 heterocycles. The van der Waals surface area contributed by atoms with E-state index >= 15 is 0 Å². The first-order valence-corrected chi connectivity index (χ1v) is 5.34. The summed E-state index contributed by atoms with van der Waals surface area (Å²) in [5, 5.41) is 3.51. The van der Waals surface area contributed by atoms with Crippen molar-refractivity contribution in [1.29, 1.82) is 0 Å². The summed E-state index contributed by atoms with van der Waals surface area (Å²) in [5.41, 5.74) is 0. The molecule has 1 saturated carbocycles. The van der Waals surface area contributed by atoms with Gasteiger partial charge in [0, 0.05) is 6.04 Å². The summed E-state index contributed by atoms with van der Waals surface area (Å²) in [4.78, 5) is 0. The van der Waals surface area contributed by atoms with Gasteiger partial charge in [-0.2, -0.15) is 0 Å². The molecule has 0 spiro atoms. The van der Waals surface area contributed by atoms with Crippen LogP contribution in [0.1, 0.15) is 19.8 Å². The molecular weight excluding hydrogens is 166 g/mol. The van der Waals surface area contributed by atoms with Gasteiger partial charge in [0.25, 0.3) is 0 Å². The van der Waals surface area contributed by atoms with E-state index in [1.807, 2.05) is 0 Å². The van der Waals surface area contributed by atoms with Crippen molar-refractivity contribution in [3.63, 3.8) is 0 Å². The Kier molecular flexibility index (Phi) is 3.19. The summed E-state index contributed by atoms with van der Waals surface area (Å²) in [6, 6.07) is 0.533. The largest absolute Gasteiger partial charge is 0.376 e. The van der Waals surface area contributed by atoms with E-state index in [-0.39, 0.29) is 0 Å². The second-order valence-electron chi connectivity index (χ2n) is 3.91. The van der Waals surface area contributed by atoms with Crippen LogP contribution in [0.25, 0.3) is 0 Å². The smallest absolute Gasteiger partial charge is 0.0964 e. The lowest BCUT2D eigenvalue weighted by Gasteiger charge is -2.31. The fourth-order valence-corrected chi connectivity index (χ4v) is 2.01. The molecule has 0 aromatic carbocycles. The molecule has 0 radical (unpaired) electrons. The maximum Gasteiger partial charge on any atom is 0.0964 e. The fraction of sp³-hybridized carbons (Fsp3) is 1.00. The van der Waals surface area contributed by atoms with E-state index in [0.717, 1.165) is 32.3 Å². The van der Waals surface area contributed by atoms with Gasteiger partial charge in [-0.25, -0.2) is 0 Å². The second-order valence-corrected chi connectivity index (χ2v) is 3.91. The van der Waals surface area contributed by atoms with Crippen LogP contribution < -0.4 is 5.32 Å². The summed E-state index contributed by atoms with van der Waals surface area (Å²) in [5.74, 6) is 0.839.